The van der Waals surface area contributed by atoms with Crippen LogP contribution in [0.1, 0.15) is 10.5 Å². The van der Waals surface area contributed by atoms with Crippen LogP contribution in [0.2, 0.25) is 0 Å². The van der Waals surface area contributed by atoms with Gasteiger partial charge in [0.2, 0.25) is 5.88 Å². The van der Waals surface area contributed by atoms with E-state index >= 15 is 0 Å². The fourth-order valence-electron chi connectivity index (χ4n) is 0.889. The van der Waals surface area contributed by atoms with E-state index in [2.05, 4.69) is 25.7 Å². The first kappa shape index (κ1) is 10.8. The number of ether oxygens (including phenoxy) is 2. The number of carbonyl (C=O) groups is 1. The number of hydrogen-bond donors (Lipinski definition) is 1. The standard InChI is InChI=1S/C8H9BrN2O3/c1-13-7-4(9)3-5(10)6(11-7)8(12)14-2/h3H,10H2,1-2H3. The number of carbonyl (C=O) groups excluding carboxylic acids is 1. The number of nitrogen functional groups attached to an aromatic ring is 1. The molecule has 0 saturated carbocycles. The minimum atomic E-state index is -0.590. The lowest BCUT2D eigenvalue weighted by atomic mass is 10.3. The van der Waals surface area contributed by atoms with Gasteiger partial charge in [-0.25, -0.2) is 9.78 Å². The molecule has 0 unspecified atom stereocenters. The number of pyridine rings is 1. The lowest BCUT2D eigenvalue weighted by Crippen LogP contribution is -2.09. The summed E-state index contributed by atoms with van der Waals surface area (Å²) in [5, 5.41) is 0. The van der Waals surface area contributed by atoms with Gasteiger partial charge in [-0.3, -0.25) is 0 Å². The fourth-order valence-corrected chi connectivity index (χ4v) is 1.39. The SMILES string of the molecule is COC(=O)c1nc(OC)c(Br)cc1N. The van der Waals surface area contributed by atoms with E-state index < -0.39 is 5.97 Å². The molecule has 0 spiro atoms. The molecule has 1 heterocycles. The molecule has 1 rings (SSSR count). The second-order valence-corrected chi connectivity index (χ2v) is 3.26. The Morgan fingerprint density at radius 2 is 2.21 bits per heavy atom. The molecule has 5 nitrogen and oxygen atoms in total. The van der Waals surface area contributed by atoms with Crippen LogP contribution in [0.4, 0.5) is 5.69 Å². The average molecular weight is 261 g/mol. The third-order valence-electron chi connectivity index (χ3n) is 1.55. The molecule has 0 aromatic carbocycles. The monoisotopic (exact) mass is 260 g/mol. The van der Waals surface area contributed by atoms with E-state index in [9.17, 15) is 4.79 Å². The smallest absolute Gasteiger partial charge is 0.358 e. The zero-order valence-electron chi connectivity index (χ0n) is 7.70. The second-order valence-electron chi connectivity index (χ2n) is 2.41. The number of methoxy groups -OCH3 is 2. The maximum Gasteiger partial charge on any atom is 0.358 e. The van der Waals surface area contributed by atoms with Crippen molar-refractivity contribution in [2.75, 3.05) is 20.0 Å². The largest absolute Gasteiger partial charge is 0.480 e. The van der Waals surface area contributed by atoms with Crippen LogP contribution < -0.4 is 10.5 Å². The minimum Gasteiger partial charge on any atom is -0.480 e. The topological polar surface area (TPSA) is 74.4 Å². The molecule has 6 heteroatoms. The third kappa shape index (κ3) is 1.95. The Morgan fingerprint density at radius 3 is 2.71 bits per heavy atom. The molecule has 0 aliphatic heterocycles. The van der Waals surface area contributed by atoms with E-state index in [1.54, 1.807) is 0 Å². The molecular weight excluding hydrogens is 252 g/mol. The molecule has 1 aromatic rings. The summed E-state index contributed by atoms with van der Waals surface area (Å²) in [6, 6.07) is 1.54. The van der Waals surface area contributed by atoms with Crippen LogP contribution in [0, 0.1) is 0 Å². The van der Waals surface area contributed by atoms with Crippen molar-refractivity contribution >= 4 is 27.6 Å². The van der Waals surface area contributed by atoms with Crippen molar-refractivity contribution in [1.29, 1.82) is 0 Å². The predicted octanol–water partition coefficient (Wildman–Crippen LogP) is 1.22. The molecule has 0 bridgehead atoms. The maximum absolute atomic E-state index is 11.2. The normalized spacial score (nSPS) is 9.64. The van der Waals surface area contributed by atoms with Gasteiger partial charge in [0.15, 0.2) is 5.69 Å². The van der Waals surface area contributed by atoms with Crippen molar-refractivity contribution in [3.63, 3.8) is 0 Å². The number of esters is 1. The molecule has 0 radical (unpaired) electrons. The van der Waals surface area contributed by atoms with Gasteiger partial charge in [0.05, 0.1) is 24.4 Å². The van der Waals surface area contributed by atoms with Crippen LogP contribution in [-0.2, 0) is 4.74 Å². The molecule has 2 N–H and O–H groups in total. The van der Waals surface area contributed by atoms with Gasteiger partial charge in [0.25, 0.3) is 0 Å². The Balaban J connectivity index is 3.24. The summed E-state index contributed by atoms with van der Waals surface area (Å²) < 4.78 is 10.0. The summed E-state index contributed by atoms with van der Waals surface area (Å²) in [6.45, 7) is 0. The lowest BCUT2D eigenvalue weighted by molar-refractivity contribution is 0.0594. The Labute approximate surface area is 89.3 Å². The summed E-state index contributed by atoms with van der Waals surface area (Å²) in [5.74, 6) is -0.298. The van der Waals surface area contributed by atoms with Crippen molar-refractivity contribution in [1.82, 2.24) is 4.98 Å². The molecule has 1 aromatic heterocycles. The minimum absolute atomic E-state index is 0.0487. The van der Waals surface area contributed by atoms with Gasteiger partial charge >= 0.3 is 5.97 Å². The van der Waals surface area contributed by atoms with Crippen molar-refractivity contribution in [2.45, 2.75) is 0 Å². The summed E-state index contributed by atoms with van der Waals surface area (Å²) in [5.41, 5.74) is 5.86. The van der Waals surface area contributed by atoms with E-state index in [4.69, 9.17) is 10.5 Å². The Morgan fingerprint density at radius 1 is 1.57 bits per heavy atom. The Hall–Kier alpha value is -1.30. The van der Waals surface area contributed by atoms with Crippen LogP contribution in [0.5, 0.6) is 5.88 Å². The number of halogens is 1. The first-order valence-electron chi connectivity index (χ1n) is 3.68. The van der Waals surface area contributed by atoms with Gasteiger partial charge in [-0.05, 0) is 22.0 Å². The molecule has 0 aliphatic rings. The first-order valence-corrected chi connectivity index (χ1v) is 4.47. The van der Waals surface area contributed by atoms with E-state index in [-0.39, 0.29) is 11.4 Å². The second kappa shape index (κ2) is 4.28. The van der Waals surface area contributed by atoms with Gasteiger partial charge < -0.3 is 15.2 Å². The fraction of sp³-hybridized carbons (Fsp3) is 0.250. The van der Waals surface area contributed by atoms with E-state index in [1.807, 2.05) is 0 Å². The molecular formula is C8H9BrN2O3. The predicted molar refractivity (Wildman–Crippen MR) is 54.2 cm³/mol. The lowest BCUT2D eigenvalue weighted by Gasteiger charge is -2.06. The molecule has 76 valence electrons. The molecule has 0 fully saturated rings. The quantitative estimate of drug-likeness (QED) is 0.810. The number of rotatable bonds is 2. The summed E-state index contributed by atoms with van der Waals surface area (Å²) >= 11 is 3.19. The zero-order valence-corrected chi connectivity index (χ0v) is 9.29. The van der Waals surface area contributed by atoms with E-state index in [0.717, 1.165) is 0 Å². The zero-order chi connectivity index (χ0) is 10.7. The van der Waals surface area contributed by atoms with Crippen LogP contribution in [-0.4, -0.2) is 25.2 Å². The molecule has 0 atom stereocenters. The van der Waals surface area contributed by atoms with Crippen molar-refractivity contribution in [3.05, 3.63) is 16.2 Å². The molecule has 0 amide bonds. The summed E-state index contributed by atoms with van der Waals surface area (Å²) in [6.07, 6.45) is 0. The number of hydrogen-bond acceptors (Lipinski definition) is 5. The number of nitrogens with two attached hydrogens (primary N) is 1. The number of anilines is 1. The highest BCUT2D eigenvalue weighted by atomic mass is 79.9. The molecule has 0 aliphatic carbocycles. The van der Waals surface area contributed by atoms with Crippen LogP contribution in [0.25, 0.3) is 0 Å². The van der Waals surface area contributed by atoms with Gasteiger partial charge in [0.1, 0.15) is 0 Å². The van der Waals surface area contributed by atoms with Gasteiger partial charge in [-0.2, -0.15) is 0 Å². The number of nitrogens with zero attached hydrogens (tertiary/aromatic N) is 1. The van der Waals surface area contributed by atoms with Crippen LogP contribution >= 0.6 is 15.9 Å². The average Bonchev–Trinajstić information content (AvgIpc) is 2.17. The van der Waals surface area contributed by atoms with Gasteiger partial charge in [0, 0.05) is 0 Å². The maximum atomic E-state index is 11.2. The van der Waals surface area contributed by atoms with Crippen molar-refractivity contribution in [2.24, 2.45) is 0 Å². The Bertz CT molecular complexity index is 368. The van der Waals surface area contributed by atoms with E-state index in [0.29, 0.717) is 10.4 Å². The Kier molecular flexibility index (Phi) is 3.29. The summed E-state index contributed by atoms with van der Waals surface area (Å²) in [7, 11) is 2.71. The highest BCUT2D eigenvalue weighted by molar-refractivity contribution is 9.10. The van der Waals surface area contributed by atoms with Crippen molar-refractivity contribution in [3.8, 4) is 5.88 Å². The number of aromatic nitrogens is 1. The highest BCUT2D eigenvalue weighted by Gasteiger charge is 2.15. The third-order valence-corrected chi connectivity index (χ3v) is 2.11. The molecule has 0 saturated heterocycles. The van der Waals surface area contributed by atoms with Crippen molar-refractivity contribution < 1.29 is 14.3 Å². The summed E-state index contributed by atoms with van der Waals surface area (Å²) in [4.78, 5) is 15.1. The van der Waals surface area contributed by atoms with E-state index in [1.165, 1.54) is 20.3 Å². The van der Waals surface area contributed by atoms with Crippen LogP contribution in [0.3, 0.4) is 0 Å². The first-order chi connectivity index (χ1) is 6.60. The van der Waals surface area contributed by atoms with Gasteiger partial charge in [-0.1, -0.05) is 0 Å². The van der Waals surface area contributed by atoms with Crippen LogP contribution in [0.15, 0.2) is 10.5 Å². The highest BCUT2D eigenvalue weighted by Crippen LogP contribution is 2.26. The molecule has 14 heavy (non-hydrogen) atoms. The van der Waals surface area contributed by atoms with Gasteiger partial charge in [-0.15, -0.1) is 0 Å².